The van der Waals surface area contributed by atoms with Crippen molar-refractivity contribution in [1.82, 2.24) is 0 Å². The van der Waals surface area contributed by atoms with E-state index in [2.05, 4.69) is 89.3 Å². The molecule has 27 heavy (non-hydrogen) atoms. The van der Waals surface area contributed by atoms with E-state index in [1.54, 1.807) is 15.9 Å². The highest BCUT2D eigenvalue weighted by Gasteiger charge is 2.22. The second-order valence-electron chi connectivity index (χ2n) is 7.66. The van der Waals surface area contributed by atoms with Gasteiger partial charge in [-0.25, -0.2) is 0 Å². The van der Waals surface area contributed by atoms with Crippen LogP contribution in [0, 0.1) is 5.92 Å². The van der Waals surface area contributed by atoms with Crippen LogP contribution in [-0.2, 0) is 0 Å². The lowest BCUT2D eigenvalue weighted by atomic mass is 9.82. The fourth-order valence-corrected chi connectivity index (χ4v) is 7.56. The summed E-state index contributed by atoms with van der Waals surface area (Å²) in [6.07, 6.45) is 13.6. The summed E-state index contributed by atoms with van der Waals surface area (Å²) >= 11 is 2.50. The van der Waals surface area contributed by atoms with Gasteiger partial charge in [0.25, 0.3) is 0 Å². The molecular weight excluding hydrogens is 455 g/mol. The summed E-state index contributed by atoms with van der Waals surface area (Å²) in [6, 6.07) is 23.9. The lowest BCUT2D eigenvalue weighted by Gasteiger charge is -2.27. The lowest BCUT2D eigenvalue weighted by molar-refractivity contribution is 0.439. The van der Waals surface area contributed by atoms with Crippen LogP contribution in [0.3, 0.4) is 0 Å². The smallest absolute Gasteiger partial charge is 0.0864 e. The van der Waals surface area contributed by atoms with E-state index in [1.807, 2.05) is 0 Å². The zero-order valence-electron chi connectivity index (χ0n) is 16.4. The summed E-state index contributed by atoms with van der Waals surface area (Å²) in [5, 5.41) is 3.13. The molecule has 143 valence electrons. The molecule has 0 saturated heterocycles. The number of rotatable bonds is 9. The number of halogens is 1. The normalized spacial score (nSPS) is 18.9. The quantitative estimate of drug-likeness (QED) is 0.126. The van der Waals surface area contributed by atoms with Gasteiger partial charge in [-0.05, 0) is 55.3 Å². The Labute approximate surface area is 181 Å². The highest BCUT2D eigenvalue weighted by atomic mass is 127. The van der Waals surface area contributed by atoms with Crippen molar-refractivity contribution in [2.75, 3.05) is 4.43 Å². The predicted molar refractivity (Wildman–Crippen MR) is 130 cm³/mol. The Bertz CT molecular complexity index is 640. The molecule has 1 atom stereocenters. The van der Waals surface area contributed by atoms with Crippen LogP contribution in [0.4, 0.5) is 0 Å². The van der Waals surface area contributed by atoms with Gasteiger partial charge >= 0.3 is 0 Å². The van der Waals surface area contributed by atoms with E-state index in [9.17, 15) is 0 Å². The Balaban J connectivity index is 1.68. The van der Waals surface area contributed by atoms with Gasteiger partial charge in [-0.3, -0.25) is 0 Å². The van der Waals surface area contributed by atoms with Crippen molar-refractivity contribution < 1.29 is 0 Å². The second kappa shape index (κ2) is 11.9. The molecule has 0 bridgehead atoms. The van der Waals surface area contributed by atoms with E-state index in [0.717, 1.165) is 5.92 Å². The molecule has 2 aromatic carbocycles. The van der Waals surface area contributed by atoms with Crippen molar-refractivity contribution in [2.45, 2.75) is 57.4 Å². The van der Waals surface area contributed by atoms with Crippen molar-refractivity contribution in [2.24, 2.45) is 5.92 Å². The predicted octanol–water partition coefficient (Wildman–Crippen LogP) is 6.41. The van der Waals surface area contributed by atoms with Gasteiger partial charge in [0, 0.05) is 0 Å². The van der Waals surface area contributed by atoms with Crippen molar-refractivity contribution in [3.63, 3.8) is 0 Å². The highest BCUT2D eigenvalue weighted by molar-refractivity contribution is 14.1. The number of hydrogen-bond acceptors (Lipinski definition) is 0. The Morgan fingerprint density at radius 1 is 0.889 bits per heavy atom. The average molecular weight is 488 g/mol. The maximum Gasteiger partial charge on any atom is 0.121 e. The minimum absolute atomic E-state index is 0.678. The molecule has 1 aliphatic rings. The SMILES string of the molecule is ICCCC/C=C1\CCCCC1CC[Si](c1ccccc1)c1ccccc1. The van der Waals surface area contributed by atoms with Crippen LogP contribution in [0.1, 0.15) is 51.4 Å². The van der Waals surface area contributed by atoms with Gasteiger partial charge in [0.1, 0.15) is 8.80 Å². The molecular formula is C25H32ISi. The van der Waals surface area contributed by atoms with Crippen LogP contribution in [0.15, 0.2) is 72.3 Å². The summed E-state index contributed by atoms with van der Waals surface area (Å²) in [4.78, 5) is 0. The van der Waals surface area contributed by atoms with E-state index in [0.29, 0.717) is 0 Å². The minimum Gasteiger partial charge on any atom is -0.0864 e. The van der Waals surface area contributed by atoms with Crippen LogP contribution in [0.2, 0.25) is 6.04 Å². The monoisotopic (exact) mass is 487 g/mol. The van der Waals surface area contributed by atoms with Crippen LogP contribution in [0.5, 0.6) is 0 Å². The molecule has 1 fully saturated rings. The fraction of sp³-hybridized carbons (Fsp3) is 0.440. The first-order chi connectivity index (χ1) is 13.4. The number of unbranched alkanes of at least 4 members (excludes halogenated alkanes) is 2. The van der Waals surface area contributed by atoms with Crippen LogP contribution in [-0.4, -0.2) is 13.2 Å². The first kappa shape index (κ1) is 20.9. The minimum atomic E-state index is -0.678. The first-order valence-corrected chi connectivity index (χ1v) is 13.8. The molecule has 1 radical (unpaired) electrons. The number of allylic oxidation sites excluding steroid dienone is 2. The molecule has 0 N–H and O–H groups in total. The van der Waals surface area contributed by atoms with Gasteiger partial charge in [0.15, 0.2) is 0 Å². The molecule has 0 aliphatic heterocycles. The number of alkyl halides is 1. The molecule has 0 heterocycles. The Morgan fingerprint density at radius 3 is 2.19 bits per heavy atom. The molecule has 0 spiro atoms. The van der Waals surface area contributed by atoms with Gasteiger partial charge in [0.2, 0.25) is 0 Å². The summed E-state index contributed by atoms with van der Waals surface area (Å²) in [6.45, 7) is 0. The van der Waals surface area contributed by atoms with E-state index in [4.69, 9.17) is 0 Å². The number of benzene rings is 2. The van der Waals surface area contributed by atoms with E-state index < -0.39 is 8.80 Å². The summed E-state index contributed by atoms with van der Waals surface area (Å²) in [5.74, 6) is 0.839. The maximum absolute atomic E-state index is 2.62. The topological polar surface area (TPSA) is 0 Å². The molecule has 1 saturated carbocycles. The van der Waals surface area contributed by atoms with Gasteiger partial charge in [-0.1, -0.05) is 118 Å². The standard InChI is InChI=1S/C25H32ISi/c26-20-11-3-4-12-22-13-9-10-14-23(22)19-21-27(24-15-5-1-6-16-24)25-17-7-2-8-18-25/h1-2,5-8,12,15-18,23H,3-4,9-11,13-14,19-21H2/b22-12+. The van der Waals surface area contributed by atoms with Crippen molar-refractivity contribution >= 4 is 41.8 Å². The third-order valence-corrected chi connectivity index (χ3v) is 9.39. The zero-order chi connectivity index (χ0) is 18.7. The van der Waals surface area contributed by atoms with Crippen molar-refractivity contribution in [1.29, 1.82) is 0 Å². The second-order valence-corrected chi connectivity index (χ2v) is 11.3. The van der Waals surface area contributed by atoms with E-state index in [-0.39, 0.29) is 0 Å². The Morgan fingerprint density at radius 2 is 1.56 bits per heavy atom. The largest absolute Gasteiger partial charge is 0.121 e. The fourth-order valence-electron chi connectivity index (χ4n) is 4.29. The van der Waals surface area contributed by atoms with E-state index in [1.165, 1.54) is 61.8 Å². The average Bonchev–Trinajstić information content (AvgIpc) is 2.74. The summed E-state index contributed by atoms with van der Waals surface area (Å²) in [5.41, 5.74) is 1.79. The molecule has 0 amide bonds. The van der Waals surface area contributed by atoms with E-state index >= 15 is 0 Å². The molecule has 1 aliphatic carbocycles. The van der Waals surface area contributed by atoms with Gasteiger partial charge in [-0.2, -0.15) is 0 Å². The third kappa shape index (κ3) is 6.60. The zero-order valence-corrected chi connectivity index (χ0v) is 19.5. The molecule has 0 aromatic heterocycles. The molecule has 0 nitrogen and oxygen atoms in total. The Kier molecular flexibility index (Phi) is 9.15. The summed E-state index contributed by atoms with van der Waals surface area (Å²) < 4.78 is 1.30. The molecule has 2 aromatic rings. The lowest BCUT2D eigenvalue weighted by Crippen LogP contribution is -2.42. The highest BCUT2D eigenvalue weighted by Crippen LogP contribution is 2.33. The van der Waals surface area contributed by atoms with Crippen LogP contribution < -0.4 is 10.4 Å². The maximum atomic E-state index is 2.62. The van der Waals surface area contributed by atoms with Crippen LogP contribution >= 0.6 is 22.6 Å². The Hall–Kier alpha value is -0.873. The van der Waals surface area contributed by atoms with Crippen molar-refractivity contribution in [3.8, 4) is 0 Å². The third-order valence-electron chi connectivity index (χ3n) is 5.77. The summed E-state index contributed by atoms with van der Waals surface area (Å²) in [7, 11) is -0.678. The first-order valence-electron chi connectivity index (χ1n) is 10.6. The van der Waals surface area contributed by atoms with Crippen LogP contribution in [0.25, 0.3) is 0 Å². The van der Waals surface area contributed by atoms with Crippen molar-refractivity contribution in [3.05, 3.63) is 72.3 Å². The number of hydrogen-bond donors (Lipinski definition) is 0. The molecule has 3 rings (SSSR count). The van der Waals surface area contributed by atoms with Gasteiger partial charge < -0.3 is 0 Å². The molecule has 1 unspecified atom stereocenters. The van der Waals surface area contributed by atoms with Gasteiger partial charge in [0.05, 0.1) is 0 Å². The molecule has 2 heteroatoms. The van der Waals surface area contributed by atoms with Gasteiger partial charge in [-0.15, -0.1) is 0 Å².